The van der Waals surface area contributed by atoms with Crippen LogP contribution in [0.1, 0.15) is 0 Å². The summed E-state index contributed by atoms with van der Waals surface area (Å²) < 4.78 is 1.78. The van der Waals surface area contributed by atoms with Crippen LogP contribution in [0.25, 0.3) is 10.9 Å². The first-order valence-corrected chi connectivity index (χ1v) is 6.03. The highest BCUT2D eigenvalue weighted by Gasteiger charge is 2.10. The van der Waals surface area contributed by atoms with Crippen LogP contribution in [-0.2, 0) is 0 Å². The summed E-state index contributed by atoms with van der Waals surface area (Å²) in [5.74, 6) is 0. The van der Waals surface area contributed by atoms with E-state index in [2.05, 4.69) is 36.8 Å². The van der Waals surface area contributed by atoms with Gasteiger partial charge in [0.05, 0.1) is 15.6 Å². The number of benzene rings is 1. The van der Waals surface area contributed by atoms with Gasteiger partial charge in [-0.2, -0.15) is 0 Å². The summed E-state index contributed by atoms with van der Waals surface area (Å²) in [5, 5.41) is 1.80. The van der Waals surface area contributed by atoms with Gasteiger partial charge >= 0.3 is 0 Å². The molecule has 2 rings (SSSR count). The van der Waals surface area contributed by atoms with Crippen molar-refractivity contribution in [1.82, 2.24) is 4.98 Å². The Morgan fingerprint density at radius 1 is 1.07 bits per heavy atom. The van der Waals surface area contributed by atoms with E-state index in [0.717, 1.165) is 19.8 Å². The highest BCUT2D eigenvalue weighted by atomic mass is 79.9. The molecule has 0 saturated heterocycles. The normalized spacial score (nSPS) is 10.9. The quantitative estimate of drug-likeness (QED) is 0.643. The molecule has 72 valence electrons. The van der Waals surface area contributed by atoms with E-state index in [0.29, 0.717) is 10.0 Å². The first-order chi connectivity index (χ1) is 6.61. The summed E-state index contributed by atoms with van der Waals surface area (Å²) in [7, 11) is 0. The molecule has 0 fully saturated rings. The summed E-state index contributed by atoms with van der Waals surface area (Å²) in [4.78, 5) is 4.21. The molecule has 0 bridgehead atoms. The molecule has 0 aliphatic carbocycles. The van der Waals surface area contributed by atoms with Gasteiger partial charge in [0, 0.05) is 20.5 Å². The van der Waals surface area contributed by atoms with Crippen LogP contribution in [0, 0.1) is 0 Å². The molecule has 0 N–H and O–H groups in total. The summed E-state index contributed by atoms with van der Waals surface area (Å²) in [6, 6.07) is 3.81. The van der Waals surface area contributed by atoms with Crippen LogP contribution in [-0.4, -0.2) is 4.98 Å². The largest absolute Gasteiger partial charge is 0.253 e. The van der Waals surface area contributed by atoms with Gasteiger partial charge in [-0.3, -0.25) is 4.98 Å². The Morgan fingerprint density at radius 3 is 2.43 bits per heavy atom. The van der Waals surface area contributed by atoms with Crippen LogP contribution in [0.4, 0.5) is 0 Å². The van der Waals surface area contributed by atoms with Crippen molar-refractivity contribution in [2.24, 2.45) is 0 Å². The van der Waals surface area contributed by atoms with Crippen LogP contribution in [0.3, 0.4) is 0 Å². The molecular weight excluding hydrogens is 353 g/mol. The fraction of sp³-hybridized carbons (Fsp3) is 0. The summed E-state index contributed by atoms with van der Waals surface area (Å²) in [5.41, 5.74) is 0.800. The van der Waals surface area contributed by atoms with Crippen molar-refractivity contribution in [3.8, 4) is 0 Å². The Morgan fingerprint density at radius 2 is 1.71 bits per heavy atom. The Kier molecular flexibility index (Phi) is 3.03. The summed E-state index contributed by atoms with van der Waals surface area (Å²) in [6.07, 6.45) is 1.55. The highest BCUT2D eigenvalue weighted by molar-refractivity contribution is 9.11. The molecular formula is C9H3Br2Cl2N. The molecule has 0 aliphatic rings. The van der Waals surface area contributed by atoms with E-state index in [9.17, 15) is 0 Å². The van der Waals surface area contributed by atoms with Gasteiger partial charge in [0.25, 0.3) is 0 Å². The van der Waals surface area contributed by atoms with Gasteiger partial charge < -0.3 is 0 Å². The number of fused-ring (bicyclic) bond motifs is 1. The summed E-state index contributed by atoms with van der Waals surface area (Å²) >= 11 is 18.8. The molecule has 2 aromatic rings. The number of hydrogen-bond acceptors (Lipinski definition) is 1. The lowest BCUT2D eigenvalue weighted by Crippen LogP contribution is -1.84. The monoisotopic (exact) mass is 353 g/mol. The number of nitrogens with zero attached hydrogens (tertiary/aromatic N) is 1. The minimum absolute atomic E-state index is 0.456. The van der Waals surface area contributed by atoms with Crippen molar-refractivity contribution in [3.05, 3.63) is 37.3 Å². The van der Waals surface area contributed by atoms with Crippen molar-refractivity contribution in [1.29, 1.82) is 0 Å². The van der Waals surface area contributed by atoms with Crippen molar-refractivity contribution in [3.63, 3.8) is 0 Å². The van der Waals surface area contributed by atoms with E-state index in [-0.39, 0.29) is 0 Å². The van der Waals surface area contributed by atoms with Crippen LogP contribution < -0.4 is 0 Å². The van der Waals surface area contributed by atoms with Crippen molar-refractivity contribution >= 4 is 66.0 Å². The van der Waals surface area contributed by atoms with Crippen LogP contribution in [0.15, 0.2) is 27.3 Å². The Bertz CT molecular complexity index is 514. The third kappa shape index (κ3) is 1.67. The maximum atomic E-state index is 6.08. The smallest absolute Gasteiger partial charge is 0.0871 e. The standard InChI is InChI=1S/C9H3Br2Cl2N/c10-4-1-2-5(11)9-7(4)8(13)6(12)3-14-9/h1-3H. The van der Waals surface area contributed by atoms with Gasteiger partial charge in [-0.25, -0.2) is 0 Å². The minimum atomic E-state index is 0.456. The predicted molar refractivity (Wildman–Crippen MR) is 67.2 cm³/mol. The fourth-order valence-electron chi connectivity index (χ4n) is 1.17. The maximum absolute atomic E-state index is 6.08. The molecule has 0 aliphatic heterocycles. The Hall–Kier alpha value is 0.170. The fourth-order valence-corrected chi connectivity index (χ4v) is 2.62. The van der Waals surface area contributed by atoms with Crippen molar-refractivity contribution in [2.75, 3.05) is 0 Å². The Labute approximate surface area is 108 Å². The molecule has 0 amide bonds. The minimum Gasteiger partial charge on any atom is -0.253 e. The zero-order chi connectivity index (χ0) is 10.3. The first-order valence-electron chi connectivity index (χ1n) is 3.69. The van der Waals surface area contributed by atoms with Crippen LogP contribution >= 0.6 is 55.1 Å². The second-order valence-corrected chi connectivity index (χ2v) is 5.17. The van der Waals surface area contributed by atoms with E-state index in [1.807, 2.05) is 12.1 Å². The lowest BCUT2D eigenvalue weighted by Gasteiger charge is -2.05. The van der Waals surface area contributed by atoms with Gasteiger partial charge in [0.2, 0.25) is 0 Å². The van der Waals surface area contributed by atoms with Crippen LogP contribution in [0.5, 0.6) is 0 Å². The second-order valence-electron chi connectivity index (χ2n) is 2.67. The molecule has 1 aromatic heterocycles. The second kappa shape index (κ2) is 3.97. The van der Waals surface area contributed by atoms with Crippen molar-refractivity contribution < 1.29 is 0 Å². The molecule has 0 atom stereocenters. The lowest BCUT2D eigenvalue weighted by atomic mass is 10.2. The molecule has 0 radical (unpaired) electrons. The summed E-state index contributed by atoms with van der Waals surface area (Å²) in [6.45, 7) is 0. The average Bonchev–Trinajstić information content (AvgIpc) is 2.16. The molecule has 5 heteroatoms. The van der Waals surface area contributed by atoms with E-state index in [1.54, 1.807) is 6.20 Å². The van der Waals surface area contributed by atoms with Gasteiger partial charge in [0.15, 0.2) is 0 Å². The van der Waals surface area contributed by atoms with E-state index >= 15 is 0 Å². The van der Waals surface area contributed by atoms with Crippen LogP contribution in [0.2, 0.25) is 10.0 Å². The van der Waals surface area contributed by atoms with E-state index in [1.165, 1.54) is 0 Å². The number of aromatic nitrogens is 1. The first kappa shape index (κ1) is 10.7. The average molecular weight is 356 g/mol. The SMILES string of the molecule is Clc1cnc2c(Br)ccc(Br)c2c1Cl. The zero-order valence-corrected chi connectivity index (χ0v) is 11.4. The maximum Gasteiger partial charge on any atom is 0.0871 e. The Balaban J connectivity index is 3.01. The van der Waals surface area contributed by atoms with E-state index < -0.39 is 0 Å². The zero-order valence-electron chi connectivity index (χ0n) is 6.69. The molecule has 1 heterocycles. The number of hydrogen-bond donors (Lipinski definition) is 0. The molecule has 0 saturated carbocycles. The highest BCUT2D eigenvalue weighted by Crippen LogP contribution is 2.37. The lowest BCUT2D eigenvalue weighted by molar-refractivity contribution is 1.40. The third-order valence-corrected chi connectivity index (χ3v) is 3.89. The van der Waals surface area contributed by atoms with Crippen molar-refractivity contribution in [2.45, 2.75) is 0 Å². The molecule has 1 aromatic carbocycles. The molecule has 0 spiro atoms. The predicted octanol–water partition coefficient (Wildman–Crippen LogP) is 5.07. The van der Waals surface area contributed by atoms with Gasteiger partial charge in [-0.15, -0.1) is 0 Å². The molecule has 14 heavy (non-hydrogen) atoms. The number of pyridine rings is 1. The van der Waals surface area contributed by atoms with E-state index in [4.69, 9.17) is 23.2 Å². The third-order valence-electron chi connectivity index (χ3n) is 1.81. The van der Waals surface area contributed by atoms with Gasteiger partial charge in [0.1, 0.15) is 0 Å². The molecule has 1 nitrogen and oxygen atoms in total. The number of rotatable bonds is 0. The molecule has 0 unspecified atom stereocenters. The number of halogens is 4. The topological polar surface area (TPSA) is 12.9 Å². The van der Waals surface area contributed by atoms with Gasteiger partial charge in [-0.1, -0.05) is 39.1 Å². The van der Waals surface area contributed by atoms with Gasteiger partial charge in [-0.05, 0) is 28.1 Å².